The predicted molar refractivity (Wildman–Crippen MR) is 106 cm³/mol. The Kier molecular flexibility index (Phi) is 8.49. The fraction of sp³-hybridized carbons (Fsp3) is 0.900. The highest BCUT2D eigenvalue weighted by Crippen LogP contribution is 2.57. The number of methoxy groups -OCH3 is 2. The van der Waals surface area contributed by atoms with Crippen molar-refractivity contribution in [2.75, 3.05) is 40.7 Å². The monoisotopic (exact) mass is 420 g/mol. The molecular weight excluding hydrogens is 384 g/mol. The van der Waals surface area contributed by atoms with Crippen LogP contribution in [0.3, 0.4) is 0 Å². The minimum Gasteiger partial charge on any atom is -0.359 e. The molecule has 2 aliphatic carbocycles. The third-order valence-electron chi connectivity index (χ3n) is 6.58. The molecule has 0 aliphatic heterocycles. The van der Waals surface area contributed by atoms with Crippen molar-refractivity contribution in [3.05, 3.63) is 11.6 Å². The zero-order chi connectivity index (χ0) is 20.9. The van der Waals surface area contributed by atoms with Gasteiger partial charge in [-0.1, -0.05) is 25.5 Å². The topological polar surface area (TPSA) is 80.3 Å². The summed E-state index contributed by atoms with van der Waals surface area (Å²) in [6.45, 7) is 7.13. The average Bonchev–Trinajstić information content (AvgIpc) is 3.08. The van der Waals surface area contributed by atoms with Crippen molar-refractivity contribution in [2.45, 2.75) is 52.2 Å². The van der Waals surface area contributed by atoms with Crippen LogP contribution in [0.25, 0.3) is 0 Å². The molecule has 0 aromatic carbocycles. The van der Waals surface area contributed by atoms with Crippen LogP contribution in [-0.2, 0) is 33.2 Å². The lowest BCUT2D eigenvalue weighted by Crippen LogP contribution is -2.48. The average molecular weight is 421 g/mol. The summed E-state index contributed by atoms with van der Waals surface area (Å²) in [6, 6.07) is 0. The molecule has 0 bridgehead atoms. The minimum absolute atomic E-state index is 0.0232. The van der Waals surface area contributed by atoms with Crippen LogP contribution in [-0.4, -0.2) is 61.3 Å². The van der Waals surface area contributed by atoms with E-state index in [4.69, 9.17) is 23.1 Å². The van der Waals surface area contributed by atoms with Crippen LogP contribution in [0.15, 0.2) is 11.6 Å². The fourth-order valence-electron chi connectivity index (χ4n) is 4.88. The van der Waals surface area contributed by atoms with Gasteiger partial charge in [-0.05, 0) is 49.4 Å². The Morgan fingerprint density at radius 2 is 1.86 bits per heavy atom. The van der Waals surface area contributed by atoms with Crippen molar-refractivity contribution in [1.29, 1.82) is 0 Å². The van der Waals surface area contributed by atoms with Gasteiger partial charge in [-0.2, -0.15) is 8.42 Å². The summed E-state index contributed by atoms with van der Waals surface area (Å²) < 4.78 is 49.8. The highest BCUT2D eigenvalue weighted by molar-refractivity contribution is 7.85. The second kappa shape index (κ2) is 10.00. The summed E-state index contributed by atoms with van der Waals surface area (Å²) in [5, 5.41) is 0. The van der Waals surface area contributed by atoms with Gasteiger partial charge in [0, 0.05) is 14.2 Å². The van der Waals surface area contributed by atoms with Crippen molar-refractivity contribution in [3.8, 4) is 0 Å². The Morgan fingerprint density at radius 3 is 2.46 bits per heavy atom. The predicted octanol–water partition coefficient (Wildman–Crippen LogP) is 2.96. The van der Waals surface area contributed by atoms with Gasteiger partial charge in [0.1, 0.15) is 19.7 Å². The van der Waals surface area contributed by atoms with Crippen molar-refractivity contribution in [1.82, 2.24) is 0 Å². The molecule has 2 rings (SSSR count). The van der Waals surface area contributed by atoms with Crippen LogP contribution < -0.4 is 0 Å². The summed E-state index contributed by atoms with van der Waals surface area (Å²) in [5.74, 6) is 0.824. The Morgan fingerprint density at radius 1 is 1.21 bits per heavy atom. The fourth-order valence-corrected chi connectivity index (χ4v) is 5.34. The van der Waals surface area contributed by atoms with Crippen LogP contribution in [0.2, 0.25) is 0 Å². The summed E-state index contributed by atoms with van der Waals surface area (Å²) >= 11 is 0. The van der Waals surface area contributed by atoms with E-state index in [1.807, 2.05) is 0 Å². The van der Waals surface area contributed by atoms with Crippen LogP contribution in [0.1, 0.15) is 40.0 Å². The third kappa shape index (κ3) is 5.55. The maximum absolute atomic E-state index is 11.3. The molecule has 0 aromatic rings. The van der Waals surface area contributed by atoms with E-state index in [0.717, 1.165) is 25.5 Å². The van der Waals surface area contributed by atoms with Crippen LogP contribution in [0.5, 0.6) is 0 Å². The van der Waals surface area contributed by atoms with Gasteiger partial charge in [0.25, 0.3) is 10.1 Å². The number of allylic oxidation sites excluding steroid dienone is 1. The van der Waals surface area contributed by atoms with E-state index in [2.05, 4.69) is 26.8 Å². The largest absolute Gasteiger partial charge is 0.359 e. The molecular formula is C20H36O7S. The first-order valence-electron chi connectivity index (χ1n) is 9.89. The van der Waals surface area contributed by atoms with Gasteiger partial charge in [-0.3, -0.25) is 4.18 Å². The van der Waals surface area contributed by atoms with Crippen molar-refractivity contribution < 1.29 is 31.5 Å². The molecule has 6 atom stereocenters. The molecule has 1 unspecified atom stereocenters. The molecule has 0 amide bonds. The second-order valence-electron chi connectivity index (χ2n) is 8.34. The zero-order valence-electron chi connectivity index (χ0n) is 18.0. The highest BCUT2D eigenvalue weighted by Gasteiger charge is 2.52. The lowest BCUT2D eigenvalue weighted by Gasteiger charge is -2.47. The Hall–Kier alpha value is -0.510. The highest BCUT2D eigenvalue weighted by atomic mass is 32.2. The first-order valence-corrected chi connectivity index (χ1v) is 11.7. The third-order valence-corrected chi connectivity index (χ3v) is 7.15. The SMILES string of the molecule is COCO[C@@H]1[C@@H](C)[C@@]2(CC[C@@H](C(C)COS(C)(=O)=O)C2)C(C)=C[C@H]1OCOC. The molecule has 1 saturated carbocycles. The lowest BCUT2D eigenvalue weighted by molar-refractivity contribution is -0.174. The maximum atomic E-state index is 11.3. The van der Waals surface area contributed by atoms with Gasteiger partial charge in [0.05, 0.1) is 19.0 Å². The molecule has 0 N–H and O–H groups in total. The first-order chi connectivity index (χ1) is 13.1. The van der Waals surface area contributed by atoms with Gasteiger partial charge in [0.2, 0.25) is 0 Å². The molecule has 0 saturated heterocycles. The molecule has 28 heavy (non-hydrogen) atoms. The lowest BCUT2D eigenvalue weighted by atomic mass is 9.62. The molecule has 0 radical (unpaired) electrons. The molecule has 0 aromatic heterocycles. The zero-order valence-corrected chi connectivity index (χ0v) is 18.8. The second-order valence-corrected chi connectivity index (χ2v) is 9.98. The van der Waals surface area contributed by atoms with Gasteiger partial charge >= 0.3 is 0 Å². The molecule has 1 fully saturated rings. The first kappa shape index (κ1) is 23.8. The maximum Gasteiger partial charge on any atom is 0.264 e. The number of hydrogen-bond acceptors (Lipinski definition) is 7. The van der Waals surface area contributed by atoms with Crippen LogP contribution in [0, 0.1) is 23.2 Å². The molecule has 7 nitrogen and oxygen atoms in total. The summed E-state index contributed by atoms with van der Waals surface area (Å²) in [7, 11) is -0.189. The van der Waals surface area contributed by atoms with Gasteiger partial charge in [-0.15, -0.1) is 0 Å². The van der Waals surface area contributed by atoms with E-state index in [1.54, 1.807) is 14.2 Å². The number of ether oxygens (including phenoxy) is 4. The van der Waals surface area contributed by atoms with Crippen LogP contribution in [0.4, 0.5) is 0 Å². The van der Waals surface area contributed by atoms with E-state index in [-0.39, 0.29) is 49.7 Å². The van der Waals surface area contributed by atoms with Gasteiger partial charge in [-0.25, -0.2) is 0 Å². The summed E-state index contributed by atoms with van der Waals surface area (Å²) in [6.07, 6.45) is 6.05. The van der Waals surface area contributed by atoms with Crippen molar-refractivity contribution in [2.24, 2.45) is 23.2 Å². The molecule has 8 heteroatoms. The standard InChI is InChI=1S/C20H36O7S/c1-14(11-27-28(6,21)22)17-7-8-20(10-17)15(2)9-18(25-12-23-4)19(16(20)3)26-13-24-5/h9,14,16-19H,7-8,10-13H2,1-6H3/t14?,16-,17-,18-,19-,20-/m1/s1. The summed E-state index contributed by atoms with van der Waals surface area (Å²) in [4.78, 5) is 0. The van der Waals surface area contributed by atoms with Crippen molar-refractivity contribution >= 4 is 10.1 Å². The van der Waals surface area contributed by atoms with E-state index in [1.165, 1.54) is 5.57 Å². The normalized spacial score (nSPS) is 34.6. The Bertz CT molecular complexity index is 632. The number of rotatable bonds is 10. The number of hydrogen-bond donors (Lipinski definition) is 0. The van der Waals surface area contributed by atoms with Crippen LogP contribution >= 0.6 is 0 Å². The quantitative estimate of drug-likeness (QED) is 0.305. The Balaban J connectivity index is 2.16. The van der Waals surface area contributed by atoms with E-state index in [0.29, 0.717) is 5.92 Å². The van der Waals surface area contributed by atoms with E-state index in [9.17, 15) is 8.42 Å². The van der Waals surface area contributed by atoms with Gasteiger partial charge < -0.3 is 18.9 Å². The summed E-state index contributed by atoms with van der Waals surface area (Å²) in [5.41, 5.74) is 1.34. The molecule has 0 heterocycles. The smallest absolute Gasteiger partial charge is 0.264 e. The molecule has 1 spiro atoms. The Labute approximate surface area is 169 Å². The van der Waals surface area contributed by atoms with E-state index >= 15 is 0 Å². The van der Waals surface area contributed by atoms with E-state index < -0.39 is 10.1 Å². The van der Waals surface area contributed by atoms with Crippen molar-refractivity contribution in [3.63, 3.8) is 0 Å². The van der Waals surface area contributed by atoms with Gasteiger partial charge in [0.15, 0.2) is 0 Å². The molecule has 2 aliphatic rings. The molecule has 164 valence electrons. The minimum atomic E-state index is -3.41.